The Morgan fingerprint density at radius 2 is 1.58 bits per heavy atom. The van der Waals surface area contributed by atoms with Gasteiger partial charge >= 0.3 is 0 Å². The lowest BCUT2D eigenvalue weighted by Gasteiger charge is -2.12. The van der Waals surface area contributed by atoms with Gasteiger partial charge in [-0.05, 0) is 62.4 Å². The number of rotatable bonds is 10. The molecule has 0 radical (unpaired) electrons. The van der Waals surface area contributed by atoms with Crippen LogP contribution < -0.4 is 20.1 Å². The maximum atomic E-state index is 14.2. The normalized spacial score (nSPS) is 11.8. The SMILES string of the molecule is CC(C)Oc1ccc(Nc2nc(Nc3ccc(OCC(O)CO)cc3)ncc2F)cc1. The quantitative estimate of drug-likeness (QED) is 0.388. The Labute approximate surface area is 179 Å². The molecule has 9 heteroatoms. The lowest BCUT2D eigenvalue weighted by molar-refractivity contribution is 0.0536. The molecule has 31 heavy (non-hydrogen) atoms. The molecule has 1 unspecified atom stereocenters. The van der Waals surface area contributed by atoms with Gasteiger partial charge in [0, 0.05) is 11.4 Å². The molecule has 0 fully saturated rings. The molecule has 0 amide bonds. The first-order valence-corrected chi connectivity index (χ1v) is 9.78. The van der Waals surface area contributed by atoms with Crippen molar-refractivity contribution in [3.05, 3.63) is 60.5 Å². The highest BCUT2D eigenvalue weighted by Gasteiger charge is 2.09. The van der Waals surface area contributed by atoms with Crippen LogP contribution in [0.15, 0.2) is 54.7 Å². The molecule has 0 bridgehead atoms. The number of benzene rings is 2. The van der Waals surface area contributed by atoms with Crippen molar-refractivity contribution in [3.63, 3.8) is 0 Å². The lowest BCUT2D eigenvalue weighted by atomic mass is 10.3. The number of nitrogens with one attached hydrogen (secondary N) is 2. The summed E-state index contributed by atoms with van der Waals surface area (Å²) < 4.78 is 25.1. The average molecular weight is 428 g/mol. The van der Waals surface area contributed by atoms with Crippen LogP contribution in [0.4, 0.5) is 27.5 Å². The van der Waals surface area contributed by atoms with Gasteiger partial charge in [-0.15, -0.1) is 0 Å². The van der Waals surface area contributed by atoms with Crippen molar-refractivity contribution in [2.24, 2.45) is 0 Å². The molecule has 0 aliphatic heterocycles. The van der Waals surface area contributed by atoms with E-state index in [9.17, 15) is 9.50 Å². The number of hydrogen-bond donors (Lipinski definition) is 4. The van der Waals surface area contributed by atoms with Gasteiger partial charge in [-0.3, -0.25) is 0 Å². The van der Waals surface area contributed by atoms with Gasteiger partial charge in [0.15, 0.2) is 11.6 Å². The van der Waals surface area contributed by atoms with Crippen LogP contribution in [0.25, 0.3) is 0 Å². The second kappa shape index (κ2) is 10.6. The minimum Gasteiger partial charge on any atom is -0.491 e. The largest absolute Gasteiger partial charge is 0.491 e. The highest BCUT2D eigenvalue weighted by molar-refractivity contribution is 5.60. The molecular weight excluding hydrogens is 403 g/mol. The van der Waals surface area contributed by atoms with E-state index in [2.05, 4.69) is 20.6 Å². The van der Waals surface area contributed by atoms with Crippen LogP contribution in [0.3, 0.4) is 0 Å². The van der Waals surface area contributed by atoms with E-state index >= 15 is 0 Å². The van der Waals surface area contributed by atoms with Crippen molar-refractivity contribution in [2.45, 2.75) is 26.1 Å². The second-order valence-corrected chi connectivity index (χ2v) is 7.00. The summed E-state index contributed by atoms with van der Waals surface area (Å²) >= 11 is 0. The monoisotopic (exact) mass is 428 g/mol. The van der Waals surface area contributed by atoms with Crippen LogP contribution in [0.5, 0.6) is 11.5 Å². The third-order valence-corrected chi connectivity index (χ3v) is 4.00. The number of ether oxygens (including phenoxy) is 2. The molecule has 3 aromatic rings. The van der Waals surface area contributed by atoms with Crippen molar-refractivity contribution in [3.8, 4) is 11.5 Å². The van der Waals surface area contributed by atoms with Gasteiger partial charge in [0.05, 0.1) is 18.9 Å². The maximum Gasteiger partial charge on any atom is 0.229 e. The number of aliphatic hydroxyl groups is 2. The summed E-state index contributed by atoms with van der Waals surface area (Å²) in [6, 6.07) is 14.0. The topological polar surface area (TPSA) is 109 Å². The standard InChI is InChI=1S/C22H25FN4O4/c1-14(2)31-19-9-5-15(6-10-19)25-21-20(23)11-24-22(27-21)26-16-3-7-18(8-4-16)30-13-17(29)12-28/h3-11,14,17,28-29H,12-13H2,1-2H3,(H2,24,25,26,27). The van der Waals surface area contributed by atoms with Crippen LogP contribution in [0.1, 0.15) is 13.8 Å². The molecule has 2 aromatic carbocycles. The van der Waals surface area contributed by atoms with Crippen LogP contribution in [0.2, 0.25) is 0 Å². The van der Waals surface area contributed by atoms with E-state index in [1.165, 1.54) is 0 Å². The average Bonchev–Trinajstić information content (AvgIpc) is 2.76. The van der Waals surface area contributed by atoms with E-state index in [0.717, 1.165) is 11.9 Å². The fourth-order valence-corrected chi connectivity index (χ4v) is 2.55. The Morgan fingerprint density at radius 3 is 2.19 bits per heavy atom. The zero-order chi connectivity index (χ0) is 22.2. The molecule has 164 valence electrons. The molecule has 0 spiro atoms. The summed E-state index contributed by atoms with van der Waals surface area (Å²) in [6.45, 7) is 3.51. The van der Waals surface area contributed by atoms with Gasteiger partial charge in [-0.2, -0.15) is 4.98 Å². The predicted molar refractivity (Wildman–Crippen MR) is 116 cm³/mol. The van der Waals surface area contributed by atoms with Crippen molar-refractivity contribution >= 4 is 23.1 Å². The Kier molecular flexibility index (Phi) is 7.58. The molecule has 1 heterocycles. The third kappa shape index (κ3) is 6.80. The minimum atomic E-state index is -0.935. The fraction of sp³-hybridized carbons (Fsp3) is 0.273. The lowest BCUT2D eigenvalue weighted by Crippen LogP contribution is -2.21. The number of hydrogen-bond acceptors (Lipinski definition) is 8. The molecular formula is C22H25FN4O4. The zero-order valence-corrected chi connectivity index (χ0v) is 17.2. The zero-order valence-electron chi connectivity index (χ0n) is 17.2. The van der Waals surface area contributed by atoms with Crippen LogP contribution in [-0.4, -0.2) is 45.6 Å². The first-order chi connectivity index (χ1) is 14.9. The van der Waals surface area contributed by atoms with Crippen molar-refractivity contribution in [2.75, 3.05) is 23.8 Å². The number of halogens is 1. The predicted octanol–water partition coefficient (Wildman–Crippen LogP) is 3.62. The van der Waals surface area contributed by atoms with Crippen LogP contribution in [0, 0.1) is 5.82 Å². The number of aliphatic hydroxyl groups excluding tert-OH is 2. The summed E-state index contributed by atoms with van der Waals surface area (Å²) in [5.74, 6) is 0.926. The van der Waals surface area contributed by atoms with E-state index in [-0.39, 0.29) is 31.1 Å². The van der Waals surface area contributed by atoms with E-state index in [1.54, 1.807) is 48.5 Å². The van der Waals surface area contributed by atoms with Crippen LogP contribution >= 0.6 is 0 Å². The van der Waals surface area contributed by atoms with Crippen LogP contribution in [-0.2, 0) is 0 Å². The summed E-state index contributed by atoms with van der Waals surface area (Å²) in [5.41, 5.74) is 1.33. The molecule has 0 aliphatic carbocycles. The van der Waals surface area contributed by atoms with Gasteiger partial charge in [0.25, 0.3) is 0 Å². The summed E-state index contributed by atoms with van der Waals surface area (Å²) in [5, 5.41) is 24.1. The molecule has 4 N–H and O–H groups in total. The molecule has 0 aliphatic rings. The molecule has 3 rings (SSSR count). The first kappa shape index (κ1) is 22.3. The Balaban J connectivity index is 1.64. The van der Waals surface area contributed by atoms with E-state index in [0.29, 0.717) is 17.1 Å². The second-order valence-electron chi connectivity index (χ2n) is 7.00. The van der Waals surface area contributed by atoms with Gasteiger partial charge in [-0.25, -0.2) is 9.37 Å². The molecule has 8 nitrogen and oxygen atoms in total. The number of anilines is 4. The van der Waals surface area contributed by atoms with E-state index < -0.39 is 11.9 Å². The number of aromatic nitrogens is 2. The minimum absolute atomic E-state index is 0.00997. The maximum absolute atomic E-state index is 14.2. The Hall–Kier alpha value is -3.43. The summed E-state index contributed by atoms with van der Waals surface area (Å²) in [6.07, 6.45) is 0.219. The van der Waals surface area contributed by atoms with E-state index in [1.807, 2.05) is 13.8 Å². The van der Waals surface area contributed by atoms with Gasteiger partial charge in [-0.1, -0.05) is 0 Å². The van der Waals surface area contributed by atoms with Gasteiger partial charge in [0.2, 0.25) is 5.95 Å². The molecule has 0 saturated heterocycles. The number of nitrogens with zero attached hydrogens (tertiary/aromatic N) is 2. The van der Waals surface area contributed by atoms with Gasteiger partial charge < -0.3 is 30.3 Å². The third-order valence-electron chi connectivity index (χ3n) is 4.00. The molecule has 1 aromatic heterocycles. The highest BCUT2D eigenvalue weighted by atomic mass is 19.1. The van der Waals surface area contributed by atoms with Crippen molar-refractivity contribution < 1.29 is 24.1 Å². The van der Waals surface area contributed by atoms with Crippen molar-refractivity contribution in [1.29, 1.82) is 0 Å². The molecule has 0 saturated carbocycles. The Bertz CT molecular complexity index is 968. The Morgan fingerprint density at radius 1 is 0.968 bits per heavy atom. The summed E-state index contributed by atoms with van der Waals surface area (Å²) in [4.78, 5) is 8.16. The van der Waals surface area contributed by atoms with Gasteiger partial charge in [0.1, 0.15) is 24.2 Å². The van der Waals surface area contributed by atoms with Crippen molar-refractivity contribution in [1.82, 2.24) is 9.97 Å². The highest BCUT2D eigenvalue weighted by Crippen LogP contribution is 2.23. The summed E-state index contributed by atoms with van der Waals surface area (Å²) in [7, 11) is 0. The smallest absolute Gasteiger partial charge is 0.229 e. The first-order valence-electron chi connectivity index (χ1n) is 9.78. The molecule has 1 atom stereocenters. The van der Waals surface area contributed by atoms with E-state index in [4.69, 9.17) is 14.6 Å². The fourth-order valence-electron chi connectivity index (χ4n) is 2.55.